The second-order valence-corrected chi connectivity index (χ2v) is 4.07. The van der Waals surface area contributed by atoms with E-state index >= 15 is 0 Å². The zero-order valence-corrected chi connectivity index (χ0v) is 10.1. The molecule has 0 aliphatic heterocycles. The highest BCUT2D eigenvalue weighted by molar-refractivity contribution is 5.41. The largest absolute Gasteiger partial charge is 0.486 e. The number of nitrogens with zero attached hydrogens (tertiary/aromatic N) is 1. The summed E-state index contributed by atoms with van der Waals surface area (Å²) in [4.78, 5) is 0. The lowest BCUT2D eigenvalue weighted by atomic mass is 10.1. The molecule has 0 heterocycles. The fourth-order valence-corrected chi connectivity index (χ4v) is 1.69. The van der Waals surface area contributed by atoms with Crippen LogP contribution in [0.25, 0.3) is 0 Å². The summed E-state index contributed by atoms with van der Waals surface area (Å²) in [7, 11) is 0. The number of hydrogen-bond acceptors (Lipinski definition) is 3. The van der Waals surface area contributed by atoms with Gasteiger partial charge in [-0.15, -0.1) is 0 Å². The van der Waals surface area contributed by atoms with Gasteiger partial charge in [0.05, 0.1) is 11.6 Å². The normalized spacial score (nSPS) is 11.6. The van der Waals surface area contributed by atoms with Crippen LogP contribution in [0.5, 0.6) is 5.75 Å². The fourth-order valence-electron chi connectivity index (χ4n) is 1.69. The van der Waals surface area contributed by atoms with Crippen LogP contribution in [0, 0.1) is 11.3 Å². The molecule has 0 radical (unpaired) electrons. The van der Waals surface area contributed by atoms with Crippen LogP contribution in [0.4, 0.5) is 5.69 Å². The first kappa shape index (κ1) is 12.0. The maximum Gasteiger partial charge on any atom is 0.121 e. The molecule has 1 atom stereocenters. The second-order valence-electron chi connectivity index (χ2n) is 4.07. The Morgan fingerprint density at radius 2 is 1.89 bits per heavy atom. The van der Waals surface area contributed by atoms with Crippen molar-refractivity contribution in [3.63, 3.8) is 0 Å². The highest BCUT2D eigenvalue weighted by Crippen LogP contribution is 2.23. The van der Waals surface area contributed by atoms with Gasteiger partial charge in [0.15, 0.2) is 0 Å². The van der Waals surface area contributed by atoms with Crippen LogP contribution in [0.2, 0.25) is 0 Å². The van der Waals surface area contributed by atoms with Crippen molar-refractivity contribution in [1.82, 2.24) is 0 Å². The topological polar surface area (TPSA) is 59.0 Å². The van der Waals surface area contributed by atoms with Crippen molar-refractivity contribution < 1.29 is 4.74 Å². The molecule has 2 aromatic rings. The van der Waals surface area contributed by atoms with Crippen molar-refractivity contribution in [2.75, 3.05) is 5.73 Å². The number of nitriles is 1. The molecule has 2 aromatic carbocycles. The number of anilines is 1. The van der Waals surface area contributed by atoms with Crippen molar-refractivity contribution in [1.29, 1.82) is 5.26 Å². The smallest absolute Gasteiger partial charge is 0.121 e. The van der Waals surface area contributed by atoms with E-state index in [1.165, 1.54) is 0 Å². The molecule has 0 bridgehead atoms. The first-order valence-electron chi connectivity index (χ1n) is 5.71. The molecule has 0 saturated carbocycles. The zero-order chi connectivity index (χ0) is 13.0. The van der Waals surface area contributed by atoms with E-state index in [0.717, 1.165) is 17.0 Å². The van der Waals surface area contributed by atoms with E-state index in [2.05, 4.69) is 6.07 Å². The van der Waals surface area contributed by atoms with Gasteiger partial charge in [0, 0.05) is 5.69 Å². The van der Waals surface area contributed by atoms with Gasteiger partial charge in [0.1, 0.15) is 11.9 Å². The van der Waals surface area contributed by atoms with Gasteiger partial charge in [0.2, 0.25) is 0 Å². The van der Waals surface area contributed by atoms with Crippen LogP contribution in [-0.2, 0) is 0 Å². The van der Waals surface area contributed by atoms with Gasteiger partial charge in [-0.1, -0.05) is 12.1 Å². The van der Waals surface area contributed by atoms with Crippen molar-refractivity contribution in [3.05, 3.63) is 59.7 Å². The molecule has 3 heteroatoms. The van der Waals surface area contributed by atoms with Crippen molar-refractivity contribution in [2.24, 2.45) is 0 Å². The molecule has 0 saturated heterocycles. The predicted octanol–water partition coefficient (Wildman–Crippen LogP) is 3.28. The Labute approximate surface area is 106 Å². The van der Waals surface area contributed by atoms with Gasteiger partial charge >= 0.3 is 0 Å². The fraction of sp³-hybridized carbons (Fsp3) is 0.133. The highest BCUT2D eigenvalue weighted by Gasteiger charge is 2.07. The van der Waals surface area contributed by atoms with Gasteiger partial charge < -0.3 is 10.5 Å². The molecule has 0 aromatic heterocycles. The summed E-state index contributed by atoms with van der Waals surface area (Å²) in [5, 5.41) is 8.71. The van der Waals surface area contributed by atoms with Gasteiger partial charge in [-0.25, -0.2) is 0 Å². The third-order valence-electron chi connectivity index (χ3n) is 2.68. The average molecular weight is 238 g/mol. The van der Waals surface area contributed by atoms with Crippen molar-refractivity contribution >= 4 is 5.69 Å². The zero-order valence-electron chi connectivity index (χ0n) is 10.1. The van der Waals surface area contributed by atoms with Crippen LogP contribution in [0.3, 0.4) is 0 Å². The summed E-state index contributed by atoms with van der Waals surface area (Å²) >= 11 is 0. The standard InChI is InChI=1S/C15H14N2O/c1-11(13-3-2-4-14(17)9-13)18-15-7-5-12(10-16)6-8-15/h2-9,11H,17H2,1H3. The van der Waals surface area contributed by atoms with E-state index in [0.29, 0.717) is 5.56 Å². The van der Waals surface area contributed by atoms with Crippen LogP contribution in [0.15, 0.2) is 48.5 Å². The van der Waals surface area contributed by atoms with Crippen molar-refractivity contribution in [3.8, 4) is 11.8 Å². The van der Waals surface area contributed by atoms with E-state index in [-0.39, 0.29) is 6.10 Å². The summed E-state index contributed by atoms with van der Waals surface area (Å²) in [6.45, 7) is 1.97. The van der Waals surface area contributed by atoms with Gasteiger partial charge in [-0.2, -0.15) is 5.26 Å². The lowest BCUT2D eigenvalue weighted by Crippen LogP contribution is -2.03. The second kappa shape index (κ2) is 5.24. The number of hydrogen-bond donors (Lipinski definition) is 1. The molecule has 2 rings (SSSR count). The third-order valence-corrected chi connectivity index (χ3v) is 2.68. The molecule has 0 aliphatic carbocycles. The molecular formula is C15H14N2O. The van der Waals surface area contributed by atoms with Crippen LogP contribution in [0.1, 0.15) is 24.2 Å². The lowest BCUT2D eigenvalue weighted by molar-refractivity contribution is 0.227. The summed E-state index contributed by atoms with van der Waals surface area (Å²) in [6.07, 6.45) is -0.0820. The third kappa shape index (κ3) is 2.80. The van der Waals surface area contributed by atoms with Crippen LogP contribution >= 0.6 is 0 Å². The van der Waals surface area contributed by atoms with Crippen LogP contribution < -0.4 is 10.5 Å². The van der Waals surface area contributed by atoms with Gasteiger partial charge in [-0.3, -0.25) is 0 Å². The molecule has 0 spiro atoms. The Morgan fingerprint density at radius 3 is 2.50 bits per heavy atom. The SMILES string of the molecule is CC(Oc1ccc(C#N)cc1)c1cccc(N)c1. The van der Waals surface area contributed by atoms with E-state index in [4.69, 9.17) is 15.7 Å². The molecule has 2 N–H and O–H groups in total. The molecule has 1 unspecified atom stereocenters. The first-order valence-corrected chi connectivity index (χ1v) is 5.71. The van der Waals surface area contributed by atoms with Crippen molar-refractivity contribution in [2.45, 2.75) is 13.0 Å². The Bertz CT molecular complexity index is 570. The summed E-state index contributed by atoms with van der Waals surface area (Å²) < 4.78 is 5.79. The minimum atomic E-state index is -0.0820. The number of ether oxygens (including phenoxy) is 1. The molecule has 0 aliphatic rings. The Hall–Kier alpha value is -2.47. The first-order chi connectivity index (χ1) is 8.69. The van der Waals surface area contributed by atoms with E-state index in [9.17, 15) is 0 Å². The minimum absolute atomic E-state index is 0.0820. The Balaban J connectivity index is 2.11. The van der Waals surface area contributed by atoms with E-state index < -0.39 is 0 Å². The number of rotatable bonds is 3. The Kier molecular flexibility index (Phi) is 3.49. The highest BCUT2D eigenvalue weighted by atomic mass is 16.5. The minimum Gasteiger partial charge on any atom is -0.486 e. The maximum absolute atomic E-state index is 8.71. The summed E-state index contributed by atoms with van der Waals surface area (Å²) in [5.74, 6) is 0.740. The Morgan fingerprint density at radius 1 is 1.17 bits per heavy atom. The van der Waals surface area contributed by atoms with Gasteiger partial charge in [-0.05, 0) is 48.9 Å². The average Bonchev–Trinajstić information content (AvgIpc) is 2.39. The molecule has 0 fully saturated rings. The molecular weight excluding hydrogens is 224 g/mol. The molecule has 90 valence electrons. The molecule has 3 nitrogen and oxygen atoms in total. The quantitative estimate of drug-likeness (QED) is 0.835. The van der Waals surface area contributed by atoms with E-state index in [1.807, 2.05) is 31.2 Å². The monoisotopic (exact) mass is 238 g/mol. The van der Waals surface area contributed by atoms with E-state index in [1.54, 1.807) is 24.3 Å². The summed E-state index contributed by atoms with van der Waals surface area (Å²) in [6, 6.07) is 16.8. The van der Waals surface area contributed by atoms with Gasteiger partial charge in [0.25, 0.3) is 0 Å². The predicted molar refractivity (Wildman–Crippen MR) is 71.1 cm³/mol. The summed E-state index contributed by atoms with van der Waals surface area (Å²) in [5.41, 5.74) is 8.11. The maximum atomic E-state index is 8.71. The number of nitrogens with two attached hydrogens (primary N) is 1. The van der Waals surface area contributed by atoms with Crippen LogP contribution in [-0.4, -0.2) is 0 Å². The lowest BCUT2D eigenvalue weighted by Gasteiger charge is -2.15. The number of benzene rings is 2. The number of nitrogen functional groups attached to an aromatic ring is 1. The molecule has 0 amide bonds. The molecule has 18 heavy (non-hydrogen) atoms.